The molecule has 1 saturated carbocycles. The summed E-state index contributed by atoms with van der Waals surface area (Å²) < 4.78 is 0. The van der Waals surface area contributed by atoms with Crippen LogP contribution in [0.1, 0.15) is 26.2 Å². The van der Waals surface area contributed by atoms with Gasteiger partial charge in [0.1, 0.15) is 5.82 Å². The maximum atomic E-state index is 11.4. The number of aromatic nitrogens is 2. The molecule has 0 bridgehead atoms. The predicted octanol–water partition coefficient (Wildman–Crippen LogP) is 1.60. The van der Waals surface area contributed by atoms with Gasteiger partial charge in [0.15, 0.2) is 0 Å². The van der Waals surface area contributed by atoms with Crippen LogP contribution in [0.3, 0.4) is 0 Å². The molecule has 19 heavy (non-hydrogen) atoms. The van der Waals surface area contributed by atoms with Crippen LogP contribution in [0, 0.1) is 5.41 Å². The summed E-state index contributed by atoms with van der Waals surface area (Å²) >= 11 is 0. The summed E-state index contributed by atoms with van der Waals surface area (Å²) in [5, 5.41) is 12.6. The van der Waals surface area contributed by atoms with Gasteiger partial charge in [0.2, 0.25) is 5.95 Å². The van der Waals surface area contributed by atoms with E-state index >= 15 is 0 Å². The summed E-state index contributed by atoms with van der Waals surface area (Å²) in [6.07, 6.45) is 4.15. The number of anilines is 2. The molecular formula is C13H20N4O2. The molecule has 0 saturated heterocycles. The Hall–Kier alpha value is -1.85. The Kier molecular flexibility index (Phi) is 3.59. The Bertz CT molecular complexity index is 477. The van der Waals surface area contributed by atoms with Crippen molar-refractivity contribution in [3.8, 4) is 0 Å². The van der Waals surface area contributed by atoms with Crippen molar-refractivity contribution < 1.29 is 9.90 Å². The van der Waals surface area contributed by atoms with Gasteiger partial charge in [0, 0.05) is 26.3 Å². The molecule has 1 fully saturated rings. The molecule has 0 aromatic carbocycles. The van der Waals surface area contributed by atoms with Gasteiger partial charge in [0.25, 0.3) is 0 Å². The van der Waals surface area contributed by atoms with Crippen LogP contribution >= 0.6 is 0 Å². The largest absolute Gasteiger partial charge is 0.481 e. The van der Waals surface area contributed by atoms with E-state index in [1.165, 1.54) is 0 Å². The van der Waals surface area contributed by atoms with E-state index in [1.807, 2.05) is 19.0 Å². The van der Waals surface area contributed by atoms with Gasteiger partial charge < -0.3 is 15.3 Å². The smallest absolute Gasteiger partial charge is 0.311 e. The molecule has 2 atom stereocenters. The second kappa shape index (κ2) is 5.03. The summed E-state index contributed by atoms with van der Waals surface area (Å²) in [4.78, 5) is 21.7. The van der Waals surface area contributed by atoms with Crippen LogP contribution in [0.2, 0.25) is 0 Å². The molecule has 1 aromatic rings. The van der Waals surface area contributed by atoms with Crippen molar-refractivity contribution in [2.24, 2.45) is 5.41 Å². The molecule has 6 heteroatoms. The fourth-order valence-corrected chi connectivity index (χ4v) is 2.48. The highest BCUT2D eigenvalue weighted by molar-refractivity contribution is 5.76. The quantitative estimate of drug-likeness (QED) is 0.860. The van der Waals surface area contributed by atoms with Crippen molar-refractivity contribution in [2.75, 3.05) is 24.3 Å². The molecular weight excluding hydrogens is 244 g/mol. The third-order valence-corrected chi connectivity index (χ3v) is 3.81. The highest BCUT2D eigenvalue weighted by Crippen LogP contribution is 2.39. The molecule has 0 radical (unpaired) electrons. The number of aliphatic carboxylic acids is 1. The molecule has 1 heterocycles. The zero-order chi connectivity index (χ0) is 14.0. The second-order valence-corrected chi connectivity index (χ2v) is 5.45. The van der Waals surface area contributed by atoms with E-state index in [-0.39, 0.29) is 6.04 Å². The van der Waals surface area contributed by atoms with Gasteiger partial charge in [-0.15, -0.1) is 0 Å². The number of nitrogens with one attached hydrogen (secondary N) is 1. The van der Waals surface area contributed by atoms with Gasteiger partial charge in [-0.2, -0.15) is 4.98 Å². The van der Waals surface area contributed by atoms with Crippen molar-refractivity contribution >= 4 is 17.7 Å². The Morgan fingerprint density at radius 3 is 2.95 bits per heavy atom. The van der Waals surface area contributed by atoms with Crippen molar-refractivity contribution in [2.45, 2.75) is 32.2 Å². The molecule has 1 aliphatic rings. The summed E-state index contributed by atoms with van der Waals surface area (Å²) in [5.41, 5.74) is -0.719. The van der Waals surface area contributed by atoms with Gasteiger partial charge in [0.05, 0.1) is 5.41 Å². The SMILES string of the molecule is CN(C)c1nccc(NC2CCCC2(C)C(=O)O)n1. The van der Waals surface area contributed by atoms with E-state index in [9.17, 15) is 9.90 Å². The molecule has 0 amide bonds. The van der Waals surface area contributed by atoms with Crippen molar-refractivity contribution in [3.63, 3.8) is 0 Å². The lowest BCUT2D eigenvalue weighted by Crippen LogP contribution is -2.40. The lowest BCUT2D eigenvalue weighted by atomic mass is 9.85. The molecule has 104 valence electrons. The standard InChI is InChI=1S/C13H20N4O2/c1-13(11(18)19)7-4-5-9(13)15-10-6-8-14-12(16-10)17(2)3/h6,8-9H,4-5,7H2,1-3H3,(H,18,19)(H,14,15,16). The van der Waals surface area contributed by atoms with Gasteiger partial charge in [-0.3, -0.25) is 4.79 Å². The predicted molar refractivity (Wildman–Crippen MR) is 73.4 cm³/mol. The number of hydrogen-bond acceptors (Lipinski definition) is 5. The first-order valence-electron chi connectivity index (χ1n) is 6.44. The van der Waals surface area contributed by atoms with Gasteiger partial charge in [-0.25, -0.2) is 4.98 Å². The number of carboxylic acids is 1. The number of hydrogen-bond donors (Lipinski definition) is 2. The van der Waals surface area contributed by atoms with Crippen LogP contribution in [0.4, 0.5) is 11.8 Å². The summed E-state index contributed by atoms with van der Waals surface area (Å²) in [6.45, 7) is 1.80. The Labute approximate surface area is 112 Å². The molecule has 2 unspecified atom stereocenters. The first-order valence-corrected chi connectivity index (χ1v) is 6.44. The average Bonchev–Trinajstić information content (AvgIpc) is 2.73. The highest BCUT2D eigenvalue weighted by atomic mass is 16.4. The molecule has 0 spiro atoms. The number of carboxylic acid groups (broad SMARTS) is 1. The number of carbonyl (C=O) groups is 1. The maximum Gasteiger partial charge on any atom is 0.311 e. The van der Waals surface area contributed by atoms with Crippen LogP contribution in [0.25, 0.3) is 0 Å². The molecule has 0 aliphatic heterocycles. The third-order valence-electron chi connectivity index (χ3n) is 3.81. The van der Waals surface area contributed by atoms with Gasteiger partial charge >= 0.3 is 5.97 Å². The Morgan fingerprint density at radius 1 is 1.58 bits per heavy atom. The lowest BCUT2D eigenvalue weighted by Gasteiger charge is -2.28. The average molecular weight is 264 g/mol. The van der Waals surface area contributed by atoms with E-state index in [0.29, 0.717) is 18.2 Å². The summed E-state index contributed by atoms with van der Waals surface area (Å²) in [5.74, 6) is 0.544. The molecule has 2 rings (SSSR count). The minimum Gasteiger partial charge on any atom is -0.481 e. The zero-order valence-corrected chi connectivity index (χ0v) is 11.6. The van der Waals surface area contributed by atoms with E-state index in [0.717, 1.165) is 12.8 Å². The normalized spacial score (nSPS) is 26.2. The van der Waals surface area contributed by atoms with Gasteiger partial charge in [-0.05, 0) is 25.8 Å². The van der Waals surface area contributed by atoms with Crippen LogP contribution in [0.5, 0.6) is 0 Å². The number of nitrogens with zero attached hydrogens (tertiary/aromatic N) is 3. The topological polar surface area (TPSA) is 78.4 Å². The first kappa shape index (κ1) is 13.6. The Balaban J connectivity index is 2.17. The second-order valence-electron chi connectivity index (χ2n) is 5.45. The van der Waals surface area contributed by atoms with Crippen LogP contribution in [0.15, 0.2) is 12.3 Å². The highest BCUT2D eigenvalue weighted by Gasteiger charge is 2.45. The van der Waals surface area contributed by atoms with E-state index in [4.69, 9.17) is 0 Å². The van der Waals surface area contributed by atoms with E-state index < -0.39 is 11.4 Å². The van der Waals surface area contributed by atoms with Crippen LogP contribution < -0.4 is 10.2 Å². The lowest BCUT2D eigenvalue weighted by molar-refractivity contribution is -0.147. The monoisotopic (exact) mass is 264 g/mol. The zero-order valence-electron chi connectivity index (χ0n) is 11.6. The maximum absolute atomic E-state index is 11.4. The van der Waals surface area contributed by atoms with E-state index in [2.05, 4.69) is 15.3 Å². The van der Waals surface area contributed by atoms with Crippen LogP contribution in [-0.4, -0.2) is 41.2 Å². The van der Waals surface area contributed by atoms with Crippen molar-refractivity contribution in [3.05, 3.63) is 12.3 Å². The fraction of sp³-hybridized carbons (Fsp3) is 0.615. The minimum absolute atomic E-state index is 0.0880. The van der Waals surface area contributed by atoms with Crippen LogP contribution in [-0.2, 0) is 4.79 Å². The van der Waals surface area contributed by atoms with E-state index in [1.54, 1.807) is 19.2 Å². The van der Waals surface area contributed by atoms with Crippen molar-refractivity contribution in [1.82, 2.24) is 9.97 Å². The first-order chi connectivity index (χ1) is 8.93. The fourth-order valence-electron chi connectivity index (χ4n) is 2.48. The molecule has 2 N–H and O–H groups in total. The summed E-state index contributed by atoms with van der Waals surface area (Å²) in [6, 6.07) is 1.68. The third kappa shape index (κ3) is 2.62. The molecule has 6 nitrogen and oxygen atoms in total. The van der Waals surface area contributed by atoms with Gasteiger partial charge in [-0.1, -0.05) is 6.42 Å². The van der Waals surface area contributed by atoms with Crippen molar-refractivity contribution in [1.29, 1.82) is 0 Å². The molecule has 1 aliphatic carbocycles. The molecule has 1 aromatic heterocycles. The Morgan fingerprint density at radius 2 is 2.32 bits per heavy atom. The number of rotatable bonds is 4. The summed E-state index contributed by atoms with van der Waals surface area (Å²) in [7, 11) is 3.74. The minimum atomic E-state index is -0.746.